The van der Waals surface area contributed by atoms with Crippen molar-refractivity contribution in [1.82, 2.24) is 25.5 Å². The van der Waals surface area contributed by atoms with E-state index in [1.807, 2.05) is 12.3 Å². The Hall–Kier alpha value is -3.60. The number of nitrogens with zero attached hydrogens (tertiary/aromatic N) is 3. The zero-order chi connectivity index (χ0) is 25.6. The second-order valence-electron chi connectivity index (χ2n) is 10.2. The third kappa shape index (κ3) is 4.82. The van der Waals surface area contributed by atoms with Crippen molar-refractivity contribution in [1.29, 1.82) is 0 Å². The van der Waals surface area contributed by atoms with Gasteiger partial charge in [0, 0.05) is 68.0 Å². The number of fused-ring (bicyclic) bond motifs is 3. The molecule has 0 unspecified atom stereocenters. The van der Waals surface area contributed by atoms with E-state index in [0.717, 1.165) is 53.3 Å². The molecule has 1 aliphatic carbocycles. The smallest absolute Gasteiger partial charge is 0.319 e. The van der Waals surface area contributed by atoms with Crippen LogP contribution in [0.15, 0.2) is 54.9 Å². The van der Waals surface area contributed by atoms with Gasteiger partial charge in [-0.1, -0.05) is 6.07 Å². The van der Waals surface area contributed by atoms with Crippen LogP contribution in [0.3, 0.4) is 0 Å². The van der Waals surface area contributed by atoms with Crippen LogP contribution in [0.25, 0.3) is 20.8 Å². The van der Waals surface area contributed by atoms with Crippen molar-refractivity contribution in [2.75, 3.05) is 18.4 Å². The van der Waals surface area contributed by atoms with Crippen molar-refractivity contribution in [2.45, 2.75) is 43.9 Å². The van der Waals surface area contributed by atoms with E-state index in [-0.39, 0.29) is 17.8 Å². The first-order valence-corrected chi connectivity index (χ1v) is 13.8. The van der Waals surface area contributed by atoms with Crippen molar-refractivity contribution < 1.29 is 13.9 Å². The molecule has 8 nitrogen and oxygen atoms in total. The van der Waals surface area contributed by atoms with Gasteiger partial charge in [0.05, 0.1) is 20.8 Å². The SMILES string of the molecule is O=C(Nc1ccc(Oc2ccnc3cc(-c4ccc(CN5C[C@@H]6C[C@H]5CN6)cn4)sc23)c(F)c1)NC1CC1. The van der Waals surface area contributed by atoms with Gasteiger partial charge in [-0.25, -0.2) is 9.18 Å². The maximum atomic E-state index is 14.8. The fraction of sp³-hybridized carbons (Fsp3) is 0.321. The summed E-state index contributed by atoms with van der Waals surface area (Å²) in [6.07, 6.45) is 6.82. The number of thiophene rings is 1. The van der Waals surface area contributed by atoms with E-state index < -0.39 is 5.82 Å². The van der Waals surface area contributed by atoms with Gasteiger partial charge in [0.2, 0.25) is 0 Å². The van der Waals surface area contributed by atoms with E-state index in [1.54, 1.807) is 18.3 Å². The molecule has 194 valence electrons. The molecule has 1 saturated carbocycles. The van der Waals surface area contributed by atoms with Crippen molar-refractivity contribution >= 4 is 33.3 Å². The summed E-state index contributed by atoms with van der Waals surface area (Å²) in [6, 6.07) is 13.5. The van der Waals surface area contributed by atoms with Gasteiger partial charge in [-0.3, -0.25) is 14.9 Å². The molecule has 0 spiro atoms. The summed E-state index contributed by atoms with van der Waals surface area (Å²) >= 11 is 1.52. The van der Waals surface area contributed by atoms with Crippen molar-refractivity contribution in [3.63, 3.8) is 0 Å². The fourth-order valence-corrected chi connectivity index (χ4v) is 6.26. The number of aromatic nitrogens is 2. The minimum absolute atomic E-state index is 0.0777. The van der Waals surface area contributed by atoms with Crippen molar-refractivity contribution in [3.8, 4) is 22.1 Å². The summed E-state index contributed by atoms with van der Waals surface area (Å²) < 4.78 is 21.6. The third-order valence-electron chi connectivity index (χ3n) is 7.33. The fourth-order valence-electron chi connectivity index (χ4n) is 5.22. The number of carbonyl (C=O) groups excluding carboxylic acids is 1. The van der Waals surface area contributed by atoms with Crippen LogP contribution in [0.1, 0.15) is 24.8 Å². The van der Waals surface area contributed by atoms with E-state index in [0.29, 0.717) is 23.5 Å². The molecule has 4 aromatic rings. The minimum Gasteiger partial charge on any atom is -0.453 e. The average molecular weight is 531 g/mol. The number of urea groups is 1. The van der Waals surface area contributed by atoms with Gasteiger partial charge in [0.1, 0.15) is 5.75 Å². The van der Waals surface area contributed by atoms with Crippen LogP contribution >= 0.6 is 11.3 Å². The Bertz CT molecular complexity index is 1510. The molecule has 2 saturated heterocycles. The van der Waals surface area contributed by atoms with Crippen LogP contribution in [0.4, 0.5) is 14.9 Å². The molecule has 3 fully saturated rings. The summed E-state index contributed by atoms with van der Waals surface area (Å²) in [6.45, 7) is 3.11. The molecule has 2 atom stereocenters. The zero-order valence-corrected chi connectivity index (χ0v) is 21.4. The topological polar surface area (TPSA) is 91.4 Å². The zero-order valence-electron chi connectivity index (χ0n) is 20.6. The monoisotopic (exact) mass is 530 g/mol. The number of ether oxygens (including phenoxy) is 1. The van der Waals surface area contributed by atoms with Crippen molar-refractivity contribution in [2.24, 2.45) is 0 Å². The van der Waals surface area contributed by atoms with E-state index in [9.17, 15) is 9.18 Å². The number of benzene rings is 1. The summed E-state index contributed by atoms with van der Waals surface area (Å²) in [5, 5.41) is 9.02. The number of halogens is 1. The highest BCUT2D eigenvalue weighted by Crippen LogP contribution is 2.39. The Kier molecular flexibility index (Phi) is 5.95. The summed E-state index contributed by atoms with van der Waals surface area (Å²) in [5.41, 5.74) is 3.22. The highest BCUT2D eigenvalue weighted by atomic mass is 32.1. The third-order valence-corrected chi connectivity index (χ3v) is 8.49. The van der Waals surface area contributed by atoms with Gasteiger partial charge in [-0.05, 0) is 49.1 Å². The van der Waals surface area contributed by atoms with Crippen LogP contribution < -0.4 is 20.7 Å². The Balaban J connectivity index is 1.06. The molecule has 3 aliphatic rings. The largest absolute Gasteiger partial charge is 0.453 e. The van der Waals surface area contributed by atoms with Crippen LogP contribution in [-0.2, 0) is 6.54 Å². The van der Waals surface area contributed by atoms with Gasteiger partial charge < -0.3 is 20.7 Å². The maximum absolute atomic E-state index is 14.8. The van der Waals surface area contributed by atoms with E-state index in [4.69, 9.17) is 9.72 Å². The predicted octanol–water partition coefficient (Wildman–Crippen LogP) is 5.12. The first kappa shape index (κ1) is 23.5. The number of carbonyl (C=O) groups is 1. The lowest BCUT2D eigenvalue weighted by Gasteiger charge is -2.27. The molecule has 38 heavy (non-hydrogen) atoms. The number of piperazine rings is 1. The predicted molar refractivity (Wildman–Crippen MR) is 145 cm³/mol. The number of anilines is 1. The highest BCUT2D eigenvalue weighted by molar-refractivity contribution is 7.22. The summed E-state index contributed by atoms with van der Waals surface area (Å²) in [5.74, 6) is 0.0377. The van der Waals surface area contributed by atoms with Crippen LogP contribution in [0.2, 0.25) is 0 Å². The molecule has 7 rings (SSSR count). The maximum Gasteiger partial charge on any atom is 0.319 e. The van der Waals surface area contributed by atoms with Gasteiger partial charge in [0.15, 0.2) is 11.6 Å². The van der Waals surface area contributed by atoms with Crippen LogP contribution in [0, 0.1) is 5.82 Å². The lowest BCUT2D eigenvalue weighted by atomic mass is 10.2. The number of hydrogen-bond acceptors (Lipinski definition) is 7. The molecule has 0 radical (unpaired) electrons. The van der Waals surface area contributed by atoms with E-state index >= 15 is 0 Å². The van der Waals surface area contributed by atoms with Gasteiger partial charge in [-0.2, -0.15) is 0 Å². The second kappa shape index (κ2) is 9.61. The lowest BCUT2D eigenvalue weighted by Crippen LogP contribution is -2.42. The molecule has 3 aromatic heterocycles. The van der Waals surface area contributed by atoms with E-state index in [1.165, 1.54) is 35.5 Å². The number of rotatable bonds is 7. The lowest BCUT2D eigenvalue weighted by molar-refractivity contribution is 0.217. The number of pyridine rings is 2. The number of likely N-dealkylation sites (tertiary alicyclic amines) is 1. The molecular weight excluding hydrogens is 503 g/mol. The van der Waals surface area contributed by atoms with Crippen LogP contribution in [-0.4, -0.2) is 52.1 Å². The first-order chi connectivity index (χ1) is 18.6. The Morgan fingerprint density at radius 1 is 1.16 bits per heavy atom. The van der Waals surface area contributed by atoms with E-state index in [2.05, 4.69) is 38.0 Å². The Morgan fingerprint density at radius 3 is 2.82 bits per heavy atom. The van der Waals surface area contributed by atoms with Crippen LogP contribution in [0.5, 0.6) is 11.5 Å². The Morgan fingerprint density at radius 2 is 2.08 bits per heavy atom. The summed E-state index contributed by atoms with van der Waals surface area (Å²) in [7, 11) is 0. The average Bonchev–Trinajstić information content (AvgIpc) is 3.27. The molecule has 2 aliphatic heterocycles. The number of nitrogens with one attached hydrogen (secondary N) is 3. The molecule has 2 amide bonds. The normalized spacial score (nSPS) is 20.7. The molecule has 2 bridgehead atoms. The molecular formula is C28H27FN6O2S. The minimum atomic E-state index is -0.560. The standard InChI is InChI=1S/C28H27FN6O2S/c29-21-10-18(34-28(36)33-17-2-3-17)4-6-24(21)37-25-7-8-30-23-11-26(38-27(23)25)22-5-1-16(12-32-22)14-35-15-19-9-20(35)13-31-19/h1,4-8,10-12,17,19-20,31H,2-3,9,13-15H2,(H2,33,34,36)/t19-,20-/m0/s1. The second-order valence-corrected chi connectivity index (χ2v) is 11.3. The van der Waals surface area contributed by atoms with Gasteiger partial charge in [-0.15, -0.1) is 11.3 Å². The molecule has 3 N–H and O–H groups in total. The Labute approximate surface area is 223 Å². The number of hydrogen-bond donors (Lipinski definition) is 3. The summed E-state index contributed by atoms with van der Waals surface area (Å²) in [4.78, 5) is 24.7. The number of amides is 2. The highest BCUT2D eigenvalue weighted by Gasteiger charge is 2.37. The van der Waals surface area contributed by atoms with Gasteiger partial charge in [0.25, 0.3) is 0 Å². The molecule has 10 heteroatoms. The van der Waals surface area contributed by atoms with Crippen molar-refractivity contribution in [3.05, 3.63) is 66.2 Å². The van der Waals surface area contributed by atoms with Gasteiger partial charge >= 0.3 is 6.03 Å². The molecule has 5 heterocycles. The molecule has 1 aromatic carbocycles. The first-order valence-electron chi connectivity index (χ1n) is 12.9. The quantitative estimate of drug-likeness (QED) is 0.307.